The summed E-state index contributed by atoms with van der Waals surface area (Å²) >= 11 is 0. The Bertz CT molecular complexity index is 1560. The van der Waals surface area contributed by atoms with Gasteiger partial charge in [0.2, 0.25) is 0 Å². The molecule has 1 aromatic carbocycles. The molecule has 0 unspecified atom stereocenters. The van der Waals surface area contributed by atoms with Crippen LogP contribution in [-0.2, 0) is 9.22 Å². The number of halogens is 17. The summed E-state index contributed by atoms with van der Waals surface area (Å²) in [6, 6.07) is 4.50. The van der Waals surface area contributed by atoms with E-state index in [1.54, 1.807) is 26.0 Å². The quantitative estimate of drug-likeness (QED) is 0.0205. The third kappa shape index (κ3) is 10.4. The van der Waals surface area contributed by atoms with Gasteiger partial charge in [-0.05, 0) is 59.7 Å². The first-order valence-corrected chi connectivity index (χ1v) is 19.3. The van der Waals surface area contributed by atoms with E-state index >= 15 is 0 Å². The standard InChI is InChI=1S/C34H42F17NO5Si/c1-19(2)58(20(3)4,57-16-15-56-24-12-10-23(11-13-24)26(54)22(6)9-7-8-21(5)18-25(53)52-55)17-14-27(35,36)28(37,38)29(39,40)30(41,42)31(43,44)32(45,46)33(47,48)34(49,50)51/h7-8,10-13,18-20,22,26,54-55H,9,14-17H2,1-6H3,(H,52,53)/b8-7+,21-18+/t22-,26-/m0/s1. The van der Waals surface area contributed by atoms with Crippen molar-refractivity contribution in [3.8, 4) is 5.75 Å². The number of hydrogen-bond donors (Lipinski definition) is 3. The summed E-state index contributed by atoms with van der Waals surface area (Å²) in [5.41, 5.74) is 0.682. The molecule has 2 atom stereocenters. The highest BCUT2D eigenvalue weighted by atomic mass is 28.4. The van der Waals surface area contributed by atoms with Crippen LogP contribution >= 0.6 is 0 Å². The van der Waals surface area contributed by atoms with Gasteiger partial charge in [-0.15, -0.1) is 0 Å². The van der Waals surface area contributed by atoms with Crippen molar-refractivity contribution >= 4 is 14.2 Å². The van der Waals surface area contributed by atoms with Crippen molar-refractivity contribution in [2.45, 2.75) is 125 Å². The van der Waals surface area contributed by atoms with E-state index in [1.807, 2.05) is 0 Å². The van der Waals surface area contributed by atoms with Crippen LogP contribution in [0, 0.1) is 5.92 Å². The van der Waals surface area contributed by atoms with Gasteiger partial charge in [0.15, 0.2) is 8.32 Å². The fraction of sp³-hybridized carbons (Fsp3) is 0.676. The number of carbonyl (C=O) groups excluding carboxylic acids is 1. The average Bonchev–Trinajstić information content (AvgIpc) is 3.09. The minimum absolute atomic E-state index is 0.168. The molecule has 0 aliphatic carbocycles. The van der Waals surface area contributed by atoms with Gasteiger partial charge in [-0.1, -0.05) is 58.9 Å². The van der Waals surface area contributed by atoms with Crippen molar-refractivity contribution in [2.24, 2.45) is 5.92 Å². The monoisotopic (exact) mass is 895 g/mol. The number of ether oxygens (including phenoxy) is 1. The van der Waals surface area contributed by atoms with Gasteiger partial charge in [0.05, 0.1) is 12.7 Å². The molecular weight excluding hydrogens is 853 g/mol. The Labute approximate surface area is 322 Å². The van der Waals surface area contributed by atoms with E-state index in [0.29, 0.717) is 17.6 Å². The molecule has 1 aromatic rings. The normalized spacial score (nSPS) is 16.0. The zero-order valence-electron chi connectivity index (χ0n) is 31.4. The number of amides is 1. The lowest BCUT2D eigenvalue weighted by atomic mass is 9.88. The van der Waals surface area contributed by atoms with E-state index in [4.69, 9.17) is 14.4 Å². The Kier molecular flexibility index (Phi) is 17.0. The van der Waals surface area contributed by atoms with Gasteiger partial charge < -0.3 is 14.3 Å². The topological polar surface area (TPSA) is 88.0 Å². The minimum atomic E-state index is -8.68. The highest BCUT2D eigenvalue weighted by molar-refractivity contribution is 6.76. The van der Waals surface area contributed by atoms with Crippen molar-refractivity contribution in [1.82, 2.24) is 5.48 Å². The van der Waals surface area contributed by atoms with Gasteiger partial charge in [-0.3, -0.25) is 10.0 Å². The Morgan fingerprint density at radius 3 is 1.60 bits per heavy atom. The van der Waals surface area contributed by atoms with Crippen LogP contribution in [-0.4, -0.2) is 85.4 Å². The minimum Gasteiger partial charge on any atom is -0.491 e. The predicted octanol–water partition coefficient (Wildman–Crippen LogP) is 11.3. The van der Waals surface area contributed by atoms with Crippen LogP contribution in [0.25, 0.3) is 0 Å². The van der Waals surface area contributed by atoms with Crippen molar-refractivity contribution in [2.75, 3.05) is 13.2 Å². The van der Waals surface area contributed by atoms with Crippen LogP contribution in [0.3, 0.4) is 0 Å². The van der Waals surface area contributed by atoms with E-state index in [1.165, 1.54) is 57.4 Å². The van der Waals surface area contributed by atoms with E-state index < -0.39 is 98.1 Å². The number of rotatable bonds is 22. The summed E-state index contributed by atoms with van der Waals surface area (Å²) in [6.45, 7) is 7.75. The summed E-state index contributed by atoms with van der Waals surface area (Å²) in [4.78, 5) is 11.2. The predicted molar refractivity (Wildman–Crippen MR) is 176 cm³/mol. The molecule has 0 aromatic heterocycles. The van der Waals surface area contributed by atoms with Gasteiger partial charge in [0.1, 0.15) is 12.4 Å². The number of aliphatic hydroxyl groups excluding tert-OH is 1. The third-order valence-electron chi connectivity index (χ3n) is 9.41. The van der Waals surface area contributed by atoms with Gasteiger partial charge in [-0.25, -0.2) is 5.48 Å². The molecule has 1 amide bonds. The second kappa shape index (κ2) is 18.6. The first-order chi connectivity index (χ1) is 26.0. The van der Waals surface area contributed by atoms with Crippen LogP contribution in [0.4, 0.5) is 74.6 Å². The van der Waals surface area contributed by atoms with Gasteiger partial charge >= 0.3 is 47.6 Å². The number of hydroxylamine groups is 1. The Morgan fingerprint density at radius 2 is 1.17 bits per heavy atom. The lowest BCUT2D eigenvalue weighted by Gasteiger charge is -2.44. The molecule has 0 saturated carbocycles. The van der Waals surface area contributed by atoms with E-state index in [2.05, 4.69) is 0 Å². The summed E-state index contributed by atoms with van der Waals surface area (Å²) in [5.74, 6) is -57.6. The van der Waals surface area contributed by atoms with Crippen molar-refractivity contribution in [3.63, 3.8) is 0 Å². The highest BCUT2D eigenvalue weighted by Crippen LogP contribution is 2.64. The smallest absolute Gasteiger partial charge is 0.460 e. The zero-order valence-corrected chi connectivity index (χ0v) is 32.4. The fourth-order valence-electron chi connectivity index (χ4n) is 5.72. The van der Waals surface area contributed by atoms with Crippen LogP contribution in [0.15, 0.2) is 48.1 Å². The molecule has 1 rings (SSSR count). The zero-order chi connectivity index (χ0) is 45.7. The first-order valence-electron chi connectivity index (χ1n) is 17.0. The number of carbonyl (C=O) groups is 1. The number of allylic oxidation sites excluding steroid dienone is 3. The molecule has 0 fully saturated rings. The molecule has 6 nitrogen and oxygen atoms in total. The van der Waals surface area contributed by atoms with E-state index in [0.717, 1.165) is 6.08 Å². The van der Waals surface area contributed by atoms with E-state index in [-0.39, 0.29) is 18.3 Å². The number of benzene rings is 1. The molecule has 0 bridgehead atoms. The molecule has 336 valence electrons. The average molecular weight is 896 g/mol. The van der Waals surface area contributed by atoms with Crippen molar-refractivity contribution in [3.05, 3.63) is 53.6 Å². The maximum atomic E-state index is 14.9. The second-order valence-electron chi connectivity index (χ2n) is 14.1. The SMILES string of the molecule is CC(/C=C/C[C@H](C)[C@H](O)c1ccc(OCCO[Si](CCC(F)(F)C(F)(F)C(F)(F)C(F)(F)C(F)(F)C(F)(F)C(F)(F)C(F)(F)F)(C(C)C)C(C)C)cc1)=C\C(=O)NO. The number of nitrogens with one attached hydrogen (secondary N) is 1. The number of hydrogen-bond acceptors (Lipinski definition) is 5. The second-order valence-corrected chi connectivity index (χ2v) is 19.1. The summed E-state index contributed by atoms with van der Waals surface area (Å²) in [6.07, 6.45) is -6.59. The number of alkyl halides is 17. The maximum Gasteiger partial charge on any atom is 0.460 e. The molecule has 0 radical (unpaired) electrons. The Balaban J connectivity index is 3.16. The van der Waals surface area contributed by atoms with E-state index in [9.17, 15) is 84.5 Å². The summed E-state index contributed by atoms with van der Waals surface area (Å²) in [5, 5.41) is 19.2. The Hall–Kier alpha value is -3.12. The molecule has 0 saturated heterocycles. The fourth-order valence-corrected chi connectivity index (χ4v) is 10.2. The number of aliphatic hydroxyl groups is 1. The molecular formula is C34H42F17NO5Si. The highest BCUT2D eigenvalue weighted by Gasteiger charge is 2.95. The lowest BCUT2D eigenvalue weighted by molar-refractivity contribution is -0.461. The van der Waals surface area contributed by atoms with Crippen molar-refractivity contribution in [1.29, 1.82) is 0 Å². The van der Waals surface area contributed by atoms with Crippen LogP contribution in [0.1, 0.15) is 66.1 Å². The van der Waals surface area contributed by atoms with Crippen LogP contribution < -0.4 is 10.2 Å². The summed E-state index contributed by atoms with van der Waals surface area (Å²) < 4.78 is 246. The van der Waals surface area contributed by atoms with Gasteiger partial charge in [0, 0.05) is 12.5 Å². The largest absolute Gasteiger partial charge is 0.491 e. The molecule has 58 heavy (non-hydrogen) atoms. The van der Waals surface area contributed by atoms with Gasteiger partial charge in [0.25, 0.3) is 5.91 Å². The summed E-state index contributed by atoms with van der Waals surface area (Å²) in [7, 11) is -3.95. The molecule has 0 heterocycles. The maximum absolute atomic E-state index is 14.9. The molecule has 0 spiro atoms. The lowest BCUT2D eigenvalue weighted by Crippen LogP contribution is -2.74. The third-order valence-corrected chi connectivity index (χ3v) is 15.1. The molecule has 0 aliphatic heterocycles. The molecule has 0 aliphatic rings. The van der Waals surface area contributed by atoms with Crippen LogP contribution in [0.2, 0.25) is 17.1 Å². The molecule has 3 N–H and O–H groups in total. The first kappa shape index (κ1) is 52.9. The Morgan fingerprint density at radius 1 is 0.724 bits per heavy atom. The van der Waals surface area contributed by atoms with Crippen LogP contribution in [0.5, 0.6) is 5.75 Å². The molecule has 24 heteroatoms. The van der Waals surface area contributed by atoms with Gasteiger partial charge in [-0.2, -0.15) is 74.6 Å². The van der Waals surface area contributed by atoms with Crippen molar-refractivity contribution < 1.29 is 98.9 Å².